The van der Waals surface area contributed by atoms with Gasteiger partial charge in [-0.15, -0.1) is 0 Å². The first kappa shape index (κ1) is 16.8. The van der Waals surface area contributed by atoms with Gasteiger partial charge in [0.1, 0.15) is 11.8 Å². The average Bonchev–Trinajstić information content (AvgIpc) is 2.46. The number of urea groups is 1. The van der Waals surface area contributed by atoms with E-state index < -0.39 is 18.0 Å². The summed E-state index contributed by atoms with van der Waals surface area (Å²) in [5, 5.41) is 14.2. The highest BCUT2D eigenvalue weighted by atomic mass is 16.5. The Morgan fingerprint density at radius 1 is 1.24 bits per heavy atom. The number of hydrogen-bond acceptors (Lipinski definition) is 3. The molecule has 6 heteroatoms. The highest BCUT2D eigenvalue weighted by Gasteiger charge is 2.25. The molecule has 1 rings (SSSR count). The predicted molar refractivity (Wildman–Crippen MR) is 80.6 cm³/mol. The third kappa shape index (κ3) is 5.33. The number of rotatable bonds is 7. The number of benzene rings is 1. The number of ether oxygens (including phenoxy) is 1. The van der Waals surface area contributed by atoms with Crippen molar-refractivity contribution in [3.63, 3.8) is 0 Å². The fraction of sp³-hybridized carbons (Fsp3) is 0.467. The number of nitrogens with one attached hydrogen (secondary N) is 2. The molecular formula is C15H22N2O4. The lowest BCUT2D eigenvalue weighted by Crippen LogP contribution is -2.46. The maximum absolute atomic E-state index is 11.8. The van der Waals surface area contributed by atoms with Gasteiger partial charge in [-0.05, 0) is 37.1 Å². The largest absolute Gasteiger partial charge is 0.494 e. The fourth-order valence-corrected chi connectivity index (χ4v) is 1.79. The van der Waals surface area contributed by atoms with Crippen molar-refractivity contribution < 1.29 is 19.4 Å². The second kappa shape index (κ2) is 8.14. The Balaban J connectivity index is 2.61. The van der Waals surface area contributed by atoms with Crippen LogP contribution >= 0.6 is 0 Å². The highest BCUT2D eigenvalue weighted by Crippen LogP contribution is 2.15. The van der Waals surface area contributed by atoms with Crippen LogP contribution in [0, 0.1) is 5.92 Å². The summed E-state index contributed by atoms with van der Waals surface area (Å²) in [4.78, 5) is 23.0. The van der Waals surface area contributed by atoms with E-state index in [1.54, 1.807) is 31.2 Å². The van der Waals surface area contributed by atoms with Gasteiger partial charge < -0.3 is 20.5 Å². The average molecular weight is 294 g/mol. The van der Waals surface area contributed by atoms with Crippen LogP contribution in [0.25, 0.3) is 0 Å². The Kier molecular flexibility index (Phi) is 6.52. The molecule has 0 radical (unpaired) electrons. The molecule has 0 heterocycles. The smallest absolute Gasteiger partial charge is 0.326 e. The summed E-state index contributed by atoms with van der Waals surface area (Å²) in [6, 6.07) is 5.43. The van der Waals surface area contributed by atoms with Gasteiger partial charge in [0.2, 0.25) is 0 Å². The monoisotopic (exact) mass is 294 g/mol. The molecule has 6 nitrogen and oxygen atoms in total. The van der Waals surface area contributed by atoms with Gasteiger partial charge in [-0.25, -0.2) is 9.59 Å². The first-order valence-corrected chi connectivity index (χ1v) is 7.01. The van der Waals surface area contributed by atoms with E-state index in [0.29, 0.717) is 24.5 Å². The molecule has 0 saturated carbocycles. The van der Waals surface area contributed by atoms with E-state index in [0.717, 1.165) is 0 Å². The Morgan fingerprint density at radius 3 is 2.33 bits per heavy atom. The minimum absolute atomic E-state index is 0.145. The third-order valence-electron chi connectivity index (χ3n) is 3.19. The Labute approximate surface area is 124 Å². The minimum atomic E-state index is -1.04. The van der Waals surface area contributed by atoms with Crippen LogP contribution in [0.1, 0.15) is 27.2 Å². The van der Waals surface area contributed by atoms with E-state index in [2.05, 4.69) is 10.6 Å². The van der Waals surface area contributed by atoms with Gasteiger partial charge in [0.25, 0.3) is 0 Å². The second-order valence-corrected chi connectivity index (χ2v) is 4.76. The molecule has 21 heavy (non-hydrogen) atoms. The zero-order chi connectivity index (χ0) is 15.8. The van der Waals surface area contributed by atoms with Crippen molar-refractivity contribution in [3.8, 4) is 5.75 Å². The SMILES string of the molecule is CCOc1ccc(NC(=O)NC(C(=O)O)C(C)CC)cc1. The van der Waals surface area contributed by atoms with Gasteiger partial charge in [-0.2, -0.15) is 0 Å². The van der Waals surface area contributed by atoms with Crippen LogP contribution in [0.4, 0.5) is 10.5 Å². The van der Waals surface area contributed by atoms with E-state index >= 15 is 0 Å². The van der Waals surface area contributed by atoms with Gasteiger partial charge in [-0.1, -0.05) is 20.3 Å². The zero-order valence-corrected chi connectivity index (χ0v) is 12.6. The molecule has 0 aliphatic heterocycles. The van der Waals surface area contributed by atoms with E-state index in [-0.39, 0.29) is 5.92 Å². The molecule has 2 amide bonds. The number of aliphatic carboxylic acids is 1. The molecule has 2 unspecified atom stereocenters. The summed E-state index contributed by atoms with van der Waals surface area (Å²) < 4.78 is 5.30. The second-order valence-electron chi connectivity index (χ2n) is 4.76. The van der Waals surface area contributed by atoms with Gasteiger partial charge in [0.15, 0.2) is 0 Å². The zero-order valence-electron chi connectivity index (χ0n) is 12.6. The summed E-state index contributed by atoms with van der Waals surface area (Å²) in [5.41, 5.74) is 0.573. The quantitative estimate of drug-likeness (QED) is 0.721. The molecule has 3 N–H and O–H groups in total. The Morgan fingerprint density at radius 2 is 1.86 bits per heavy atom. The van der Waals surface area contributed by atoms with E-state index in [1.807, 2.05) is 13.8 Å². The molecule has 1 aromatic rings. The molecule has 116 valence electrons. The molecule has 1 aromatic carbocycles. The van der Waals surface area contributed by atoms with E-state index in [1.165, 1.54) is 0 Å². The molecular weight excluding hydrogens is 272 g/mol. The van der Waals surface area contributed by atoms with Gasteiger partial charge in [-0.3, -0.25) is 0 Å². The number of carbonyl (C=O) groups is 2. The lowest BCUT2D eigenvalue weighted by molar-refractivity contribution is -0.140. The molecule has 0 bridgehead atoms. The third-order valence-corrected chi connectivity index (χ3v) is 3.19. The fourth-order valence-electron chi connectivity index (χ4n) is 1.79. The molecule has 0 saturated heterocycles. The van der Waals surface area contributed by atoms with Crippen molar-refractivity contribution in [2.45, 2.75) is 33.2 Å². The number of anilines is 1. The summed E-state index contributed by atoms with van der Waals surface area (Å²) >= 11 is 0. The molecule has 0 spiro atoms. The van der Waals surface area contributed by atoms with E-state index in [9.17, 15) is 9.59 Å². The first-order chi connectivity index (χ1) is 9.97. The van der Waals surface area contributed by atoms with Crippen molar-refractivity contribution in [3.05, 3.63) is 24.3 Å². The van der Waals surface area contributed by atoms with Crippen molar-refractivity contribution in [2.24, 2.45) is 5.92 Å². The number of carboxylic acid groups (broad SMARTS) is 1. The standard InChI is InChI=1S/C15H22N2O4/c1-4-10(3)13(14(18)19)17-15(20)16-11-6-8-12(9-7-11)21-5-2/h6-10,13H,4-5H2,1-3H3,(H,18,19)(H2,16,17,20). The summed E-state index contributed by atoms with van der Waals surface area (Å²) in [5.74, 6) is -0.466. The van der Waals surface area contributed by atoms with Crippen LogP contribution in [0.5, 0.6) is 5.75 Å². The Bertz CT molecular complexity index is 473. The number of hydrogen-bond donors (Lipinski definition) is 3. The van der Waals surface area contributed by atoms with Gasteiger partial charge >= 0.3 is 12.0 Å². The Hall–Kier alpha value is -2.24. The minimum Gasteiger partial charge on any atom is -0.494 e. The van der Waals surface area contributed by atoms with Crippen molar-refractivity contribution in [2.75, 3.05) is 11.9 Å². The van der Waals surface area contributed by atoms with Crippen molar-refractivity contribution in [1.82, 2.24) is 5.32 Å². The lowest BCUT2D eigenvalue weighted by atomic mass is 9.99. The van der Waals surface area contributed by atoms with Gasteiger partial charge in [0.05, 0.1) is 6.61 Å². The topological polar surface area (TPSA) is 87.7 Å². The summed E-state index contributed by atoms with van der Waals surface area (Å²) in [6.07, 6.45) is 0.667. The van der Waals surface area contributed by atoms with Crippen LogP contribution in [0.15, 0.2) is 24.3 Å². The highest BCUT2D eigenvalue weighted by molar-refractivity contribution is 5.92. The summed E-state index contributed by atoms with van der Waals surface area (Å²) in [7, 11) is 0. The van der Waals surface area contributed by atoms with Crippen molar-refractivity contribution in [1.29, 1.82) is 0 Å². The summed E-state index contributed by atoms with van der Waals surface area (Å²) in [6.45, 7) is 6.13. The van der Waals surface area contributed by atoms with Crippen LogP contribution in [-0.4, -0.2) is 29.8 Å². The first-order valence-electron chi connectivity index (χ1n) is 7.01. The maximum atomic E-state index is 11.8. The lowest BCUT2D eigenvalue weighted by Gasteiger charge is -2.20. The molecule has 0 aliphatic carbocycles. The van der Waals surface area contributed by atoms with Crippen LogP contribution in [0.3, 0.4) is 0 Å². The number of carboxylic acids is 1. The number of amides is 2. The van der Waals surface area contributed by atoms with Crippen LogP contribution in [0.2, 0.25) is 0 Å². The predicted octanol–water partition coefficient (Wildman–Crippen LogP) is 2.71. The molecule has 2 atom stereocenters. The molecule has 0 aromatic heterocycles. The molecule has 0 aliphatic rings. The van der Waals surface area contributed by atoms with Crippen LogP contribution < -0.4 is 15.4 Å². The normalized spacial score (nSPS) is 13.1. The molecule has 0 fully saturated rings. The number of carbonyl (C=O) groups excluding carboxylic acids is 1. The van der Waals surface area contributed by atoms with Crippen molar-refractivity contribution >= 4 is 17.7 Å². The maximum Gasteiger partial charge on any atom is 0.326 e. The van der Waals surface area contributed by atoms with Gasteiger partial charge in [0, 0.05) is 5.69 Å². The van der Waals surface area contributed by atoms with E-state index in [4.69, 9.17) is 9.84 Å². The van der Waals surface area contributed by atoms with Crippen LogP contribution in [-0.2, 0) is 4.79 Å².